The molecule has 4 aromatic rings. The Kier molecular flexibility index (Phi) is 6.04. The van der Waals surface area contributed by atoms with Gasteiger partial charge in [0.15, 0.2) is 11.6 Å². The number of rotatable bonds is 7. The van der Waals surface area contributed by atoms with Crippen LogP contribution in [0, 0.1) is 12.7 Å². The molecule has 0 aliphatic carbocycles. The van der Waals surface area contributed by atoms with Crippen LogP contribution in [0.3, 0.4) is 0 Å². The molecule has 2 aromatic heterocycles. The molecular formula is C23H19ClFN3O3. The van der Waals surface area contributed by atoms with Crippen molar-refractivity contribution in [1.82, 2.24) is 9.78 Å². The number of nitrogens with zero attached hydrogens (tertiary/aromatic N) is 2. The second kappa shape index (κ2) is 9.06. The van der Waals surface area contributed by atoms with Crippen LogP contribution in [-0.4, -0.2) is 15.7 Å². The van der Waals surface area contributed by atoms with E-state index < -0.39 is 11.7 Å². The van der Waals surface area contributed by atoms with Crippen LogP contribution in [0.2, 0.25) is 5.02 Å². The number of benzene rings is 2. The zero-order chi connectivity index (χ0) is 21.8. The minimum atomic E-state index is -0.449. The number of furan rings is 1. The highest BCUT2D eigenvalue weighted by Crippen LogP contribution is 2.26. The van der Waals surface area contributed by atoms with Crippen LogP contribution >= 0.6 is 11.6 Å². The summed E-state index contributed by atoms with van der Waals surface area (Å²) >= 11 is 5.93. The number of hydrogen-bond donors (Lipinski definition) is 1. The monoisotopic (exact) mass is 439 g/mol. The predicted molar refractivity (Wildman–Crippen MR) is 115 cm³/mol. The van der Waals surface area contributed by atoms with Gasteiger partial charge in [0.1, 0.15) is 23.9 Å². The molecule has 0 unspecified atom stereocenters. The molecule has 1 N–H and O–H groups in total. The number of nitrogens with one attached hydrogen (secondary N) is 1. The van der Waals surface area contributed by atoms with Crippen molar-refractivity contribution in [3.63, 3.8) is 0 Å². The number of aromatic nitrogens is 2. The lowest BCUT2D eigenvalue weighted by Crippen LogP contribution is -2.12. The van der Waals surface area contributed by atoms with Gasteiger partial charge in [-0.25, -0.2) is 4.39 Å². The van der Waals surface area contributed by atoms with Crippen LogP contribution < -0.4 is 10.1 Å². The highest BCUT2D eigenvalue weighted by molar-refractivity contribution is 6.32. The molecule has 2 heterocycles. The Balaban J connectivity index is 1.33. The molecule has 4 rings (SSSR count). The Morgan fingerprint density at radius 3 is 2.74 bits per heavy atom. The van der Waals surface area contributed by atoms with Crippen LogP contribution in [0.1, 0.15) is 27.4 Å². The first-order valence-corrected chi connectivity index (χ1v) is 9.91. The molecule has 6 nitrogen and oxygen atoms in total. The maximum Gasteiger partial charge on any atom is 0.292 e. The van der Waals surface area contributed by atoms with Crippen LogP contribution in [0.5, 0.6) is 5.75 Å². The second-order valence-electron chi connectivity index (χ2n) is 6.97. The molecule has 1 amide bonds. The summed E-state index contributed by atoms with van der Waals surface area (Å²) in [7, 11) is 0. The minimum Gasteiger partial charge on any atom is -0.484 e. The molecule has 0 radical (unpaired) electrons. The summed E-state index contributed by atoms with van der Waals surface area (Å²) in [5.74, 6) is 0.420. The lowest BCUT2D eigenvalue weighted by molar-refractivity contribution is 0.0992. The topological polar surface area (TPSA) is 69.3 Å². The molecule has 0 saturated heterocycles. The molecule has 8 heteroatoms. The zero-order valence-electron chi connectivity index (χ0n) is 16.6. The SMILES string of the molecule is Cc1ccc(Cn2ccc(NC(=O)c3ccc(COc4ccc(F)cc4Cl)o3)n2)cc1. The molecule has 158 valence electrons. The fourth-order valence-electron chi connectivity index (χ4n) is 2.89. The third-order valence-corrected chi connectivity index (χ3v) is 4.79. The molecule has 0 spiro atoms. The largest absolute Gasteiger partial charge is 0.484 e. The summed E-state index contributed by atoms with van der Waals surface area (Å²) < 4.78 is 25.9. The van der Waals surface area contributed by atoms with E-state index in [1.807, 2.05) is 31.2 Å². The van der Waals surface area contributed by atoms with Crippen LogP contribution in [0.15, 0.2) is 71.3 Å². The Labute approximate surface area is 183 Å². The zero-order valence-corrected chi connectivity index (χ0v) is 17.4. The molecule has 0 bridgehead atoms. The van der Waals surface area contributed by atoms with Gasteiger partial charge in [0.2, 0.25) is 0 Å². The van der Waals surface area contributed by atoms with E-state index in [0.717, 1.165) is 11.6 Å². The quantitative estimate of drug-likeness (QED) is 0.415. The summed E-state index contributed by atoms with van der Waals surface area (Å²) in [4.78, 5) is 12.4. The lowest BCUT2D eigenvalue weighted by Gasteiger charge is -2.06. The second-order valence-corrected chi connectivity index (χ2v) is 7.37. The summed E-state index contributed by atoms with van der Waals surface area (Å²) in [6.07, 6.45) is 1.79. The van der Waals surface area contributed by atoms with Gasteiger partial charge in [0.25, 0.3) is 5.91 Å². The van der Waals surface area contributed by atoms with Gasteiger partial charge >= 0.3 is 0 Å². The van der Waals surface area contributed by atoms with E-state index >= 15 is 0 Å². The van der Waals surface area contributed by atoms with Gasteiger partial charge < -0.3 is 14.5 Å². The van der Waals surface area contributed by atoms with E-state index in [1.54, 1.807) is 29.1 Å². The fourth-order valence-corrected chi connectivity index (χ4v) is 3.12. The third kappa shape index (κ3) is 5.32. The van der Waals surface area contributed by atoms with Crippen molar-refractivity contribution < 1.29 is 18.3 Å². The van der Waals surface area contributed by atoms with E-state index in [-0.39, 0.29) is 17.4 Å². The standard InChI is InChI=1S/C23H19ClFN3O3/c1-15-2-4-16(5-3-15)13-28-11-10-22(27-28)26-23(29)21-9-7-18(31-21)14-30-20-8-6-17(25)12-19(20)24/h2-12H,13-14H2,1H3,(H,26,27,29). The van der Waals surface area contributed by atoms with Crippen molar-refractivity contribution >= 4 is 23.3 Å². The number of halogens is 2. The summed E-state index contributed by atoms with van der Waals surface area (Å²) in [6.45, 7) is 2.68. The van der Waals surface area contributed by atoms with Crippen molar-refractivity contribution in [2.45, 2.75) is 20.1 Å². The number of carbonyl (C=O) groups excluding carboxylic acids is 1. The molecule has 0 saturated carbocycles. The summed E-state index contributed by atoms with van der Waals surface area (Å²) in [5.41, 5.74) is 2.31. The van der Waals surface area contributed by atoms with Crippen molar-refractivity contribution in [2.24, 2.45) is 0 Å². The van der Waals surface area contributed by atoms with Crippen molar-refractivity contribution in [3.8, 4) is 5.75 Å². The molecule has 2 aromatic carbocycles. The van der Waals surface area contributed by atoms with E-state index in [4.69, 9.17) is 20.8 Å². The number of aryl methyl sites for hydroxylation is 1. The molecular weight excluding hydrogens is 421 g/mol. The van der Waals surface area contributed by atoms with E-state index in [1.165, 1.54) is 17.7 Å². The van der Waals surface area contributed by atoms with Gasteiger partial charge in [-0.15, -0.1) is 0 Å². The Morgan fingerprint density at radius 1 is 1.16 bits per heavy atom. The van der Waals surface area contributed by atoms with Gasteiger partial charge in [-0.1, -0.05) is 41.4 Å². The number of anilines is 1. The number of ether oxygens (including phenoxy) is 1. The molecule has 31 heavy (non-hydrogen) atoms. The van der Waals surface area contributed by atoms with Gasteiger partial charge in [-0.05, 0) is 42.8 Å². The lowest BCUT2D eigenvalue weighted by atomic mass is 10.1. The first-order chi connectivity index (χ1) is 15.0. The number of amides is 1. The minimum absolute atomic E-state index is 0.0454. The number of carbonyl (C=O) groups is 1. The average Bonchev–Trinajstić information content (AvgIpc) is 3.39. The van der Waals surface area contributed by atoms with Crippen molar-refractivity contribution in [3.05, 3.63) is 100 Å². The maximum atomic E-state index is 13.1. The fraction of sp³-hybridized carbons (Fsp3) is 0.130. The highest BCUT2D eigenvalue weighted by Gasteiger charge is 2.14. The maximum absolute atomic E-state index is 13.1. The predicted octanol–water partition coefficient (Wildman–Crippen LogP) is 5.46. The number of hydrogen-bond acceptors (Lipinski definition) is 4. The Morgan fingerprint density at radius 2 is 1.97 bits per heavy atom. The van der Waals surface area contributed by atoms with Crippen LogP contribution in [-0.2, 0) is 13.2 Å². The Bertz CT molecular complexity index is 1200. The van der Waals surface area contributed by atoms with Gasteiger partial charge in [-0.2, -0.15) is 5.10 Å². The first kappa shape index (κ1) is 20.7. The normalized spacial score (nSPS) is 10.8. The molecule has 0 fully saturated rings. The van der Waals surface area contributed by atoms with Crippen molar-refractivity contribution in [1.29, 1.82) is 0 Å². The van der Waals surface area contributed by atoms with Crippen LogP contribution in [0.4, 0.5) is 10.2 Å². The summed E-state index contributed by atoms with van der Waals surface area (Å²) in [6, 6.07) is 16.9. The average molecular weight is 440 g/mol. The summed E-state index contributed by atoms with van der Waals surface area (Å²) in [5, 5.41) is 7.23. The molecule has 0 aliphatic heterocycles. The smallest absolute Gasteiger partial charge is 0.292 e. The first-order valence-electron chi connectivity index (χ1n) is 9.53. The van der Waals surface area contributed by atoms with Gasteiger partial charge in [0, 0.05) is 12.3 Å². The van der Waals surface area contributed by atoms with E-state index in [0.29, 0.717) is 23.9 Å². The Hall–Kier alpha value is -3.58. The van der Waals surface area contributed by atoms with E-state index in [9.17, 15) is 9.18 Å². The van der Waals surface area contributed by atoms with E-state index in [2.05, 4.69) is 10.4 Å². The van der Waals surface area contributed by atoms with Crippen LogP contribution in [0.25, 0.3) is 0 Å². The third-order valence-electron chi connectivity index (χ3n) is 4.50. The highest BCUT2D eigenvalue weighted by atomic mass is 35.5. The van der Waals surface area contributed by atoms with Gasteiger partial charge in [-0.3, -0.25) is 9.48 Å². The van der Waals surface area contributed by atoms with Gasteiger partial charge in [0.05, 0.1) is 11.6 Å². The molecule has 0 aliphatic rings. The van der Waals surface area contributed by atoms with Crippen molar-refractivity contribution in [2.75, 3.05) is 5.32 Å². The molecule has 0 atom stereocenters.